The minimum absolute atomic E-state index is 0.195. The van der Waals surface area contributed by atoms with E-state index < -0.39 is 0 Å². The van der Waals surface area contributed by atoms with Gasteiger partial charge in [0.1, 0.15) is 5.69 Å². The van der Waals surface area contributed by atoms with E-state index in [1.54, 1.807) is 23.7 Å². The molecule has 0 aliphatic heterocycles. The summed E-state index contributed by atoms with van der Waals surface area (Å²) in [4.78, 5) is 26.5. The standard InChI is InChI=1S/C17H12N4OS2/c22-16(17-21-11-4-1-2-5-13(11)24-17)20-10-12-15(19-8-7-18-12)14-6-3-9-23-14/h1-9H,10H2,(H,20,22). The second-order valence-corrected chi connectivity index (χ2v) is 6.98. The molecule has 0 saturated carbocycles. The summed E-state index contributed by atoms with van der Waals surface area (Å²) in [6.07, 6.45) is 3.30. The maximum absolute atomic E-state index is 12.4. The molecule has 0 radical (unpaired) electrons. The highest BCUT2D eigenvalue weighted by Crippen LogP contribution is 2.25. The van der Waals surface area contributed by atoms with Gasteiger partial charge in [0.2, 0.25) is 0 Å². The average molecular weight is 352 g/mol. The first kappa shape index (κ1) is 14.9. The summed E-state index contributed by atoms with van der Waals surface area (Å²) < 4.78 is 1.00. The highest BCUT2D eigenvalue weighted by Gasteiger charge is 2.14. The first-order valence-electron chi connectivity index (χ1n) is 7.29. The van der Waals surface area contributed by atoms with Crippen molar-refractivity contribution in [2.45, 2.75) is 6.54 Å². The van der Waals surface area contributed by atoms with Gasteiger partial charge >= 0.3 is 0 Å². The van der Waals surface area contributed by atoms with Crippen molar-refractivity contribution < 1.29 is 4.79 Å². The number of thiophene rings is 1. The van der Waals surface area contributed by atoms with E-state index in [0.29, 0.717) is 11.6 Å². The van der Waals surface area contributed by atoms with E-state index in [1.807, 2.05) is 41.8 Å². The zero-order valence-electron chi connectivity index (χ0n) is 12.5. The van der Waals surface area contributed by atoms with Crippen LogP contribution in [0.15, 0.2) is 54.2 Å². The van der Waals surface area contributed by atoms with Crippen molar-refractivity contribution in [1.82, 2.24) is 20.3 Å². The smallest absolute Gasteiger partial charge is 0.280 e. The molecule has 3 heterocycles. The molecule has 0 spiro atoms. The lowest BCUT2D eigenvalue weighted by molar-refractivity contribution is 0.0950. The molecule has 0 aliphatic rings. The van der Waals surface area contributed by atoms with Gasteiger partial charge in [0.25, 0.3) is 5.91 Å². The van der Waals surface area contributed by atoms with Crippen LogP contribution < -0.4 is 5.32 Å². The number of rotatable bonds is 4. The monoisotopic (exact) mass is 352 g/mol. The van der Waals surface area contributed by atoms with E-state index in [1.165, 1.54) is 11.3 Å². The van der Waals surface area contributed by atoms with Gasteiger partial charge in [-0.1, -0.05) is 18.2 Å². The molecule has 1 N–H and O–H groups in total. The van der Waals surface area contributed by atoms with Crippen LogP contribution in [-0.4, -0.2) is 20.9 Å². The molecule has 4 aromatic rings. The second kappa shape index (κ2) is 6.46. The van der Waals surface area contributed by atoms with E-state index in [-0.39, 0.29) is 5.91 Å². The molecule has 5 nitrogen and oxygen atoms in total. The summed E-state index contributed by atoms with van der Waals surface area (Å²) in [7, 11) is 0. The summed E-state index contributed by atoms with van der Waals surface area (Å²) in [5.74, 6) is -0.195. The number of nitrogens with zero attached hydrogens (tertiary/aromatic N) is 3. The Labute approximate surface area is 146 Å². The van der Waals surface area contributed by atoms with Crippen molar-refractivity contribution in [3.8, 4) is 10.6 Å². The molecule has 7 heteroatoms. The topological polar surface area (TPSA) is 67.8 Å². The molecule has 118 valence electrons. The molecular formula is C17H12N4OS2. The number of hydrogen-bond donors (Lipinski definition) is 1. The van der Waals surface area contributed by atoms with Gasteiger partial charge in [-0.25, -0.2) is 4.98 Å². The zero-order valence-corrected chi connectivity index (χ0v) is 14.1. The van der Waals surface area contributed by atoms with Crippen molar-refractivity contribution in [3.05, 3.63) is 64.9 Å². The summed E-state index contributed by atoms with van der Waals surface area (Å²) in [6.45, 7) is 0.315. The molecule has 4 rings (SSSR count). The minimum Gasteiger partial charge on any atom is -0.344 e. The molecule has 1 amide bonds. The van der Waals surface area contributed by atoms with Crippen molar-refractivity contribution in [3.63, 3.8) is 0 Å². The summed E-state index contributed by atoms with van der Waals surface area (Å²) in [5.41, 5.74) is 2.39. The maximum atomic E-state index is 12.4. The van der Waals surface area contributed by atoms with E-state index in [0.717, 1.165) is 26.5 Å². The third-order valence-electron chi connectivity index (χ3n) is 3.43. The van der Waals surface area contributed by atoms with Crippen LogP contribution in [0.3, 0.4) is 0 Å². The fraction of sp³-hybridized carbons (Fsp3) is 0.0588. The summed E-state index contributed by atoms with van der Waals surface area (Å²) >= 11 is 2.98. The molecule has 0 atom stereocenters. The SMILES string of the molecule is O=C(NCc1nccnc1-c1cccs1)c1nc2ccccc2s1. The number of hydrogen-bond acceptors (Lipinski definition) is 6. The molecular weight excluding hydrogens is 340 g/mol. The third-order valence-corrected chi connectivity index (χ3v) is 5.34. The Balaban J connectivity index is 1.54. The van der Waals surface area contributed by atoms with Gasteiger partial charge in [-0.15, -0.1) is 22.7 Å². The number of carbonyl (C=O) groups is 1. The van der Waals surface area contributed by atoms with Crippen molar-refractivity contribution in [2.75, 3.05) is 0 Å². The van der Waals surface area contributed by atoms with Crippen LogP contribution in [0.1, 0.15) is 15.5 Å². The molecule has 0 unspecified atom stereocenters. The fourth-order valence-electron chi connectivity index (χ4n) is 2.32. The first-order valence-corrected chi connectivity index (χ1v) is 8.98. The number of carbonyl (C=O) groups excluding carboxylic acids is 1. The average Bonchev–Trinajstić information content (AvgIpc) is 3.29. The molecule has 3 aromatic heterocycles. The normalized spacial score (nSPS) is 10.8. The van der Waals surface area contributed by atoms with Crippen LogP contribution in [-0.2, 0) is 6.54 Å². The number of para-hydroxylation sites is 1. The largest absolute Gasteiger partial charge is 0.344 e. The quantitative estimate of drug-likeness (QED) is 0.607. The number of benzene rings is 1. The van der Waals surface area contributed by atoms with Crippen LogP contribution in [0.5, 0.6) is 0 Å². The molecule has 0 bridgehead atoms. The van der Waals surface area contributed by atoms with Crippen LogP contribution in [0.4, 0.5) is 0 Å². The van der Waals surface area contributed by atoms with E-state index in [2.05, 4.69) is 20.3 Å². The van der Waals surface area contributed by atoms with Crippen LogP contribution in [0.25, 0.3) is 20.8 Å². The van der Waals surface area contributed by atoms with Crippen molar-refractivity contribution in [2.24, 2.45) is 0 Å². The van der Waals surface area contributed by atoms with Crippen LogP contribution in [0, 0.1) is 0 Å². The first-order chi connectivity index (χ1) is 11.8. The number of thiazole rings is 1. The predicted molar refractivity (Wildman–Crippen MR) is 96.1 cm³/mol. The Morgan fingerprint density at radius 3 is 2.79 bits per heavy atom. The summed E-state index contributed by atoms with van der Waals surface area (Å²) in [6, 6.07) is 11.7. The van der Waals surface area contributed by atoms with Crippen LogP contribution in [0.2, 0.25) is 0 Å². The van der Waals surface area contributed by atoms with E-state index in [4.69, 9.17) is 0 Å². The Morgan fingerprint density at radius 2 is 1.96 bits per heavy atom. The lowest BCUT2D eigenvalue weighted by atomic mass is 10.2. The van der Waals surface area contributed by atoms with Crippen LogP contribution >= 0.6 is 22.7 Å². The maximum Gasteiger partial charge on any atom is 0.280 e. The second-order valence-electron chi connectivity index (χ2n) is 5.00. The molecule has 1 aromatic carbocycles. The number of amides is 1. The lowest BCUT2D eigenvalue weighted by Gasteiger charge is -2.06. The number of aromatic nitrogens is 3. The van der Waals surface area contributed by atoms with E-state index >= 15 is 0 Å². The Hall–Kier alpha value is -2.64. The van der Waals surface area contributed by atoms with E-state index in [9.17, 15) is 4.79 Å². The molecule has 24 heavy (non-hydrogen) atoms. The Bertz CT molecular complexity index is 962. The van der Waals surface area contributed by atoms with Gasteiger partial charge in [0.05, 0.1) is 27.3 Å². The number of fused-ring (bicyclic) bond motifs is 1. The summed E-state index contributed by atoms with van der Waals surface area (Å²) in [5, 5.41) is 5.34. The molecule has 0 saturated heterocycles. The van der Waals surface area contributed by atoms with Gasteiger partial charge in [-0.2, -0.15) is 0 Å². The highest BCUT2D eigenvalue weighted by atomic mass is 32.1. The van der Waals surface area contributed by atoms with Gasteiger partial charge in [0, 0.05) is 12.4 Å². The Morgan fingerprint density at radius 1 is 1.08 bits per heavy atom. The third kappa shape index (κ3) is 2.91. The van der Waals surface area contributed by atoms with Gasteiger partial charge in [0.15, 0.2) is 5.01 Å². The molecule has 0 fully saturated rings. The minimum atomic E-state index is -0.195. The highest BCUT2D eigenvalue weighted by molar-refractivity contribution is 7.20. The van der Waals surface area contributed by atoms with Gasteiger partial charge in [-0.3, -0.25) is 14.8 Å². The predicted octanol–water partition coefficient (Wildman–Crippen LogP) is 3.74. The zero-order chi connectivity index (χ0) is 16.4. The Kier molecular flexibility index (Phi) is 4.02. The fourth-order valence-corrected chi connectivity index (χ4v) is 3.95. The lowest BCUT2D eigenvalue weighted by Crippen LogP contribution is -2.23. The van der Waals surface area contributed by atoms with Gasteiger partial charge in [-0.05, 0) is 23.6 Å². The molecule has 0 aliphatic carbocycles. The van der Waals surface area contributed by atoms with Gasteiger partial charge < -0.3 is 5.32 Å². The number of nitrogens with one attached hydrogen (secondary N) is 1. The van der Waals surface area contributed by atoms with Crippen molar-refractivity contribution >= 4 is 38.8 Å². The van der Waals surface area contributed by atoms with Crippen molar-refractivity contribution in [1.29, 1.82) is 0 Å².